The van der Waals surface area contributed by atoms with Gasteiger partial charge in [0.2, 0.25) is 0 Å². The lowest BCUT2D eigenvalue weighted by molar-refractivity contribution is 0.0930. The van der Waals surface area contributed by atoms with Gasteiger partial charge >= 0.3 is 0 Å². The van der Waals surface area contributed by atoms with Crippen molar-refractivity contribution in [2.24, 2.45) is 0 Å². The molecule has 1 unspecified atom stereocenters. The average molecular weight is 301 g/mol. The van der Waals surface area contributed by atoms with Crippen LogP contribution in [0.5, 0.6) is 0 Å². The Hall–Kier alpha value is -2.14. The summed E-state index contributed by atoms with van der Waals surface area (Å²) in [5, 5.41) is 16.4. The molecule has 1 heterocycles. The molecule has 5 nitrogen and oxygen atoms in total. The minimum absolute atomic E-state index is 0.0150. The first-order valence-electron chi connectivity index (χ1n) is 7.43. The molecular weight excluding hydrogens is 278 g/mol. The molecule has 0 saturated heterocycles. The fraction of sp³-hybridized carbons (Fsp3) is 0.412. The maximum Gasteiger partial charge on any atom is 0.254 e. The highest BCUT2D eigenvalue weighted by Crippen LogP contribution is 2.18. The highest BCUT2D eigenvalue weighted by atomic mass is 16.3. The van der Waals surface area contributed by atoms with Crippen molar-refractivity contribution in [3.8, 4) is 0 Å². The monoisotopic (exact) mass is 301 g/mol. The van der Waals surface area contributed by atoms with Crippen LogP contribution in [0, 0.1) is 0 Å². The summed E-state index contributed by atoms with van der Waals surface area (Å²) in [6.07, 6.45) is 3.79. The van der Waals surface area contributed by atoms with Crippen LogP contribution in [0.4, 0.5) is 0 Å². The number of hydrogen-bond donors (Lipinski definition) is 2. The van der Waals surface area contributed by atoms with E-state index in [-0.39, 0.29) is 24.1 Å². The second-order valence-corrected chi connectivity index (χ2v) is 6.29. The fourth-order valence-corrected chi connectivity index (χ4v) is 2.19. The third-order valence-electron chi connectivity index (χ3n) is 3.46. The Bertz CT molecular complexity index is 614. The summed E-state index contributed by atoms with van der Waals surface area (Å²) < 4.78 is 1.77. The number of benzene rings is 1. The maximum absolute atomic E-state index is 12.4. The first-order chi connectivity index (χ1) is 10.4. The number of carbonyl (C=O) groups excluding carboxylic acids is 1. The summed E-state index contributed by atoms with van der Waals surface area (Å²) in [4.78, 5) is 12.4. The topological polar surface area (TPSA) is 67.2 Å². The van der Waals surface area contributed by atoms with Gasteiger partial charge in [-0.25, -0.2) is 0 Å². The Morgan fingerprint density at radius 3 is 2.55 bits per heavy atom. The average Bonchev–Trinajstić information content (AvgIpc) is 2.98. The molecule has 0 aliphatic carbocycles. The van der Waals surface area contributed by atoms with Crippen LogP contribution in [-0.2, 0) is 5.54 Å². The van der Waals surface area contributed by atoms with E-state index in [1.807, 2.05) is 51.1 Å². The van der Waals surface area contributed by atoms with Gasteiger partial charge in [0.1, 0.15) is 0 Å². The van der Waals surface area contributed by atoms with Crippen molar-refractivity contribution in [1.29, 1.82) is 0 Å². The van der Waals surface area contributed by atoms with Gasteiger partial charge in [-0.3, -0.25) is 9.48 Å². The third-order valence-corrected chi connectivity index (χ3v) is 3.46. The van der Waals surface area contributed by atoms with E-state index in [1.165, 1.54) is 0 Å². The molecule has 2 N–H and O–H groups in total. The smallest absolute Gasteiger partial charge is 0.254 e. The van der Waals surface area contributed by atoms with Crippen LogP contribution < -0.4 is 5.32 Å². The van der Waals surface area contributed by atoms with E-state index in [1.54, 1.807) is 17.1 Å². The number of hydrogen-bond acceptors (Lipinski definition) is 3. The van der Waals surface area contributed by atoms with Crippen LogP contribution in [-0.4, -0.2) is 27.4 Å². The number of amides is 1. The van der Waals surface area contributed by atoms with Crippen molar-refractivity contribution in [2.45, 2.75) is 38.8 Å². The Morgan fingerprint density at radius 1 is 1.32 bits per heavy atom. The molecule has 1 atom stereocenters. The minimum Gasteiger partial charge on any atom is -0.396 e. The number of aliphatic hydroxyl groups excluding tert-OH is 1. The van der Waals surface area contributed by atoms with Crippen molar-refractivity contribution in [3.63, 3.8) is 0 Å². The van der Waals surface area contributed by atoms with Crippen molar-refractivity contribution < 1.29 is 9.90 Å². The molecule has 0 saturated carbocycles. The fourth-order valence-electron chi connectivity index (χ4n) is 2.19. The van der Waals surface area contributed by atoms with Gasteiger partial charge in [-0.1, -0.05) is 30.3 Å². The Labute approximate surface area is 131 Å². The van der Waals surface area contributed by atoms with Gasteiger partial charge in [0.05, 0.1) is 23.3 Å². The predicted octanol–water partition coefficient (Wildman–Crippen LogP) is 2.49. The molecule has 1 aromatic heterocycles. The third kappa shape index (κ3) is 3.95. The van der Waals surface area contributed by atoms with Gasteiger partial charge in [-0.05, 0) is 32.8 Å². The first-order valence-corrected chi connectivity index (χ1v) is 7.43. The van der Waals surface area contributed by atoms with Gasteiger partial charge in [0.25, 0.3) is 5.91 Å². The molecule has 1 aromatic carbocycles. The maximum atomic E-state index is 12.4. The lowest BCUT2D eigenvalue weighted by Crippen LogP contribution is -2.29. The molecule has 0 bridgehead atoms. The minimum atomic E-state index is -0.211. The summed E-state index contributed by atoms with van der Waals surface area (Å²) >= 11 is 0. The lowest BCUT2D eigenvalue weighted by atomic mass is 10.0. The van der Waals surface area contributed by atoms with E-state index >= 15 is 0 Å². The van der Waals surface area contributed by atoms with Crippen LogP contribution in [0.3, 0.4) is 0 Å². The quantitative estimate of drug-likeness (QED) is 0.891. The van der Waals surface area contributed by atoms with Gasteiger partial charge < -0.3 is 10.4 Å². The highest BCUT2D eigenvalue weighted by molar-refractivity contribution is 5.94. The van der Waals surface area contributed by atoms with Crippen LogP contribution in [0.1, 0.15) is 49.2 Å². The molecule has 5 heteroatoms. The number of rotatable bonds is 5. The summed E-state index contributed by atoms with van der Waals surface area (Å²) in [5.74, 6) is -0.183. The number of aromatic nitrogens is 2. The summed E-state index contributed by atoms with van der Waals surface area (Å²) in [7, 11) is 0. The molecule has 2 aromatic rings. The second kappa shape index (κ2) is 6.75. The van der Waals surface area contributed by atoms with Crippen molar-refractivity contribution in [1.82, 2.24) is 15.1 Å². The first kappa shape index (κ1) is 16.2. The summed E-state index contributed by atoms with van der Waals surface area (Å²) in [5.41, 5.74) is 1.34. The number of aliphatic hydroxyl groups is 1. The van der Waals surface area contributed by atoms with Crippen molar-refractivity contribution >= 4 is 5.91 Å². The van der Waals surface area contributed by atoms with Crippen molar-refractivity contribution in [3.05, 3.63) is 53.9 Å². The highest BCUT2D eigenvalue weighted by Gasteiger charge is 2.19. The lowest BCUT2D eigenvalue weighted by Gasteiger charge is -2.19. The van der Waals surface area contributed by atoms with Crippen LogP contribution in [0.15, 0.2) is 42.7 Å². The van der Waals surface area contributed by atoms with E-state index < -0.39 is 0 Å². The largest absolute Gasteiger partial charge is 0.396 e. The zero-order valence-electron chi connectivity index (χ0n) is 13.3. The Balaban J connectivity index is 2.13. The normalized spacial score (nSPS) is 12.9. The SMILES string of the molecule is CC(C)(C)n1cc(C(=O)NC(CCO)c2ccccc2)cn1. The molecular formula is C17H23N3O2. The van der Waals surface area contributed by atoms with E-state index in [0.717, 1.165) is 5.56 Å². The zero-order chi connectivity index (χ0) is 16.2. The molecule has 1 amide bonds. The predicted molar refractivity (Wildman–Crippen MR) is 85.6 cm³/mol. The second-order valence-electron chi connectivity index (χ2n) is 6.29. The van der Waals surface area contributed by atoms with Gasteiger partial charge in [0, 0.05) is 12.8 Å². The van der Waals surface area contributed by atoms with E-state index in [9.17, 15) is 9.90 Å². The van der Waals surface area contributed by atoms with Gasteiger partial charge in [-0.2, -0.15) is 5.10 Å². The summed E-state index contributed by atoms with van der Waals surface area (Å²) in [6.45, 7) is 6.10. The Morgan fingerprint density at radius 2 is 2.00 bits per heavy atom. The van der Waals surface area contributed by atoms with Crippen molar-refractivity contribution in [2.75, 3.05) is 6.61 Å². The molecule has 2 rings (SSSR count). The zero-order valence-corrected chi connectivity index (χ0v) is 13.3. The van der Waals surface area contributed by atoms with E-state index in [0.29, 0.717) is 12.0 Å². The molecule has 0 fully saturated rings. The van der Waals surface area contributed by atoms with Crippen LogP contribution in [0.25, 0.3) is 0 Å². The molecule has 0 spiro atoms. The molecule has 0 aliphatic heterocycles. The van der Waals surface area contributed by atoms with E-state index in [2.05, 4.69) is 10.4 Å². The number of nitrogens with zero attached hydrogens (tertiary/aromatic N) is 2. The number of nitrogens with one attached hydrogen (secondary N) is 1. The molecule has 0 aliphatic rings. The summed E-state index contributed by atoms with van der Waals surface area (Å²) in [6, 6.07) is 9.44. The Kier molecular flexibility index (Phi) is 4.98. The molecule has 118 valence electrons. The number of carbonyl (C=O) groups is 1. The molecule has 0 radical (unpaired) electrons. The van der Waals surface area contributed by atoms with Crippen LogP contribution >= 0.6 is 0 Å². The van der Waals surface area contributed by atoms with E-state index in [4.69, 9.17) is 0 Å². The van der Waals surface area contributed by atoms with Crippen LogP contribution in [0.2, 0.25) is 0 Å². The molecule has 22 heavy (non-hydrogen) atoms. The standard InChI is InChI=1S/C17H23N3O2/c1-17(2,3)20-12-14(11-18-20)16(22)19-15(9-10-21)13-7-5-4-6-8-13/h4-8,11-12,15,21H,9-10H2,1-3H3,(H,19,22). The van der Waals surface area contributed by atoms with Gasteiger partial charge in [-0.15, -0.1) is 0 Å². The van der Waals surface area contributed by atoms with Gasteiger partial charge in [0.15, 0.2) is 0 Å².